The molecule has 2 aliphatic rings. The molecule has 1 amide bonds. The molecule has 166 valence electrons. The zero-order valence-corrected chi connectivity index (χ0v) is 18.0. The summed E-state index contributed by atoms with van der Waals surface area (Å²) in [6.45, 7) is 0.442. The Morgan fingerprint density at radius 2 is 2.00 bits per heavy atom. The number of halogens is 1. The highest BCUT2D eigenvalue weighted by atomic mass is 32.1. The summed E-state index contributed by atoms with van der Waals surface area (Å²) in [7, 11) is 0. The zero-order chi connectivity index (χ0) is 22.3. The highest BCUT2D eigenvalue weighted by molar-refractivity contribution is 7.15. The number of carboxylic acid groups (broad SMARTS) is 1. The van der Waals surface area contributed by atoms with Gasteiger partial charge in [-0.15, -0.1) is 11.3 Å². The normalized spacial score (nSPS) is 17.9. The van der Waals surface area contributed by atoms with Gasteiger partial charge in [0.15, 0.2) is 0 Å². The van der Waals surface area contributed by atoms with E-state index in [0.717, 1.165) is 12.8 Å². The Bertz CT molecular complexity index is 1160. The van der Waals surface area contributed by atoms with Gasteiger partial charge in [-0.05, 0) is 31.0 Å². The maximum atomic E-state index is 14.0. The van der Waals surface area contributed by atoms with Crippen molar-refractivity contribution in [1.82, 2.24) is 19.9 Å². The number of hydrogen-bond donors (Lipinski definition) is 3. The summed E-state index contributed by atoms with van der Waals surface area (Å²) >= 11 is 1.30. The quantitative estimate of drug-likeness (QED) is 0.534. The summed E-state index contributed by atoms with van der Waals surface area (Å²) in [5.41, 5.74) is 0.510. The van der Waals surface area contributed by atoms with Gasteiger partial charge in [-0.2, -0.15) is 0 Å². The van der Waals surface area contributed by atoms with Crippen LogP contribution < -0.4 is 5.32 Å². The first-order chi connectivity index (χ1) is 15.4. The van der Waals surface area contributed by atoms with Crippen LogP contribution in [0.3, 0.4) is 0 Å². The Labute approximate surface area is 187 Å². The Morgan fingerprint density at radius 3 is 2.69 bits per heavy atom. The lowest BCUT2D eigenvalue weighted by molar-refractivity contribution is -0.0214. The van der Waals surface area contributed by atoms with E-state index < -0.39 is 11.7 Å². The number of rotatable bonds is 5. The van der Waals surface area contributed by atoms with Crippen LogP contribution >= 0.6 is 11.3 Å². The molecule has 0 atom stereocenters. The molecule has 0 unspecified atom stereocenters. The number of piperidine rings is 1. The first-order valence-corrected chi connectivity index (χ1v) is 11.3. The standard InChI is InChI=1S/C22H22FN5O3S/c23-14-3-1-2-13(12-14)17-18(16-6-9-24-20(26-16)25-15-4-5-15)32-19(27-17)22(31)7-10-28(11-8-22)21(29)30/h1-3,6,9,12,15,31H,4-5,7-8,10-11H2,(H,29,30)(H,24,25,26). The maximum Gasteiger partial charge on any atom is 0.407 e. The monoisotopic (exact) mass is 455 g/mol. The van der Waals surface area contributed by atoms with Crippen LogP contribution in [-0.4, -0.2) is 55.3 Å². The number of anilines is 1. The number of nitrogens with zero attached hydrogens (tertiary/aromatic N) is 4. The lowest BCUT2D eigenvalue weighted by Crippen LogP contribution is -2.44. The minimum Gasteiger partial charge on any atom is -0.465 e. The summed E-state index contributed by atoms with van der Waals surface area (Å²) in [5.74, 6) is 0.147. The molecule has 1 aliphatic heterocycles. The molecule has 2 fully saturated rings. The average molecular weight is 456 g/mol. The smallest absolute Gasteiger partial charge is 0.407 e. The first-order valence-electron chi connectivity index (χ1n) is 10.5. The highest BCUT2D eigenvalue weighted by Gasteiger charge is 2.39. The minimum atomic E-state index is -1.25. The molecule has 3 aromatic rings. The lowest BCUT2D eigenvalue weighted by atomic mass is 9.92. The van der Waals surface area contributed by atoms with Gasteiger partial charge >= 0.3 is 6.09 Å². The summed E-state index contributed by atoms with van der Waals surface area (Å²) in [4.78, 5) is 26.9. The fraction of sp³-hybridized carbons (Fsp3) is 0.364. The van der Waals surface area contributed by atoms with E-state index in [1.165, 1.54) is 28.4 Å². The third kappa shape index (κ3) is 4.15. The fourth-order valence-electron chi connectivity index (χ4n) is 3.77. The van der Waals surface area contributed by atoms with Crippen LogP contribution in [0.15, 0.2) is 36.5 Å². The van der Waals surface area contributed by atoms with Gasteiger partial charge in [0.05, 0.1) is 16.3 Å². The van der Waals surface area contributed by atoms with Crippen LogP contribution in [0, 0.1) is 5.82 Å². The van der Waals surface area contributed by atoms with E-state index in [9.17, 15) is 19.4 Å². The molecule has 0 radical (unpaired) electrons. The second kappa shape index (κ2) is 8.10. The third-order valence-electron chi connectivity index (χ3n) is 5.78. The van der Waals surface area contributed by atoms with Crippen molar-refractivity contribution in [2.24, 2.45) is 0 Å². The van der Waals surface area contributed by atoms with Gasteiger partial charge < -0.3 is 20.4 Å². The summed E-state index contributed by atoms with van der Waals surface area (Å²) in [6, 6.07) is 8.33. The molecule has 5 rings (SSSR count). The van der Waals surface area contributed by atoms with Crippen molar-refractivity contribution in [3.05, 3.63) is 47.4 Å². The van der Waals surface area contributed by atoms with Crippen molar-refractivity contribution >= 4 is 23.4 Å². The molecule has 1 saturated heterocycles. The van der Waals surface area contributed by atoms with Crippen LogP contribution in [0.4, 0.5) is 15.1 Å². The molecular formula is C22H22FN5O3S. The van der Waals surface area contributed by atoms with Gasteiger partial charge in [0.1, 0.15) is 16.4 Å². The summed E-state index contributed by atoms with van der Waals surface area (Å²) < 4.78 is 14.0. The number of benzene rings is 1. The van der Waals surface area contributed by atoms with E-state index >= 15 is 0 Å². The second-order valence-electron chi connectivity index (χ2n) is 8.19. The first kappa shape index (κ1) is 20.8. The van der Waals surface area contributed by atoms with Crippen LogP contribution in [0.2, 0.25) is 0 Å². The van der Waals surface area contributed by atoms with Gasteiger partial charge in [-0.25, -0.2) is 24.1 Å². The van der Waals surface area contributed by atoms with Crippen molar-refractivity contribution in [3.8, 4) is 21.8 Å². The molecule has 0 spiro atoms. The van der Waals surface area contributed by atoms with Crippen LogP contribution in [0.25, 0.3) is 21.8 Å². The topological polar surface area (TPSA) is 111 Å². The van der Waals surface area contributed by atoms with Crippen molar-refractivity contribution in [3.63, 3.8) is 0 Å². The van der Waals surface area contributed by atoms with Gasteiger partial charge in [-0.1, -0.05) is 12.1 Å². The number of nitrogens with one attached hydrogen (secondary N) is 1. The average Bonchev–Trinajstić information content (AvgIpc) is 3.47. The number of thiazole rings is 1. The maximum absolute atomic E-state index is 14.0. The van der Waals surface area contributed by atoms with Gasteiger partial charge in [0, 0.05) is 43.7 Å². The summed E-state index contributed by atoms with van der Waals surface area (Å²) in [6.07, 6.45) is 3.34. The molecule has 1 aromatic carbocycles. The predicted octanol–water partition coefficient (Wildman–Crippen LogP) is 3.94. The highest BCUT2D eigenvalue weighted by Crippen LogP contribution is 2.43. The van der Waals surface area contributed by atoms with E-state index in [4.69, 9.17) is 4.98 Å². The Morgan fingerprint density at radius 1 is 1.22 bits per heavy atom. The Balaban J connectivity index is 1.55. The number of carbonyl (C=O) groups is 1. The Hall–Kier alpha value is -3.11. The lowest BCUT2D eigenvalue weighted by Gasteiger charge is -2.35. The van der Waals surface area contributed by atoms with Crippen molar-refractivity contribution in [2.45, 2.75) is 37.3 Å². The molecular weight excluding hydrogens is 433 g/mol. The number of amides is 1. The SMILES string of the molecule is O=C(O)N1CCC(O)(c2nc(-c3cccc(F)c3)c(-c3ccnc(NC4CC4)n3)s2)CC1. The minimum absolute atomic E-state index is 0.221. The van der Waals surface area contributed by atoms with E-state index in [1.807, 2.05) is 0 Å². The molecule has 1 saturated carbocycles. The van der Waals surface area contributed by atoms with Crippen molar-refractivity contribution in [2.75, 3.05) is 18.4 Å². The van der Waals surface area contributed by atoms with Crippen LogP contribution in [0.1, 0.15) is 30.7 Å². The molecule has 2 aromatic heterocycles. The largest absolute Gasteiger partial charge is 0.465 e. The van der Waals surface area contributed by atoms with Crippen molar-refractivity contribution < 1.29 is 19.4 Å². The van der Waals surface area contributed by atoms with E-state index in [-0.39, 0.29) is 31.7 Å². The van der Waals surface area contributed by atoms with E-state index in [0.29, 0.717) is 38.8 Å². The number of aromatic nitrogens is 3. The third-order valence-corrected chi connectivity index (χ3v) is 7.05. The Kier molecular flexibility index (Phi) is 5.26. The fourth-order valence-corrected chi connectivity index (χ4v) is 4.97. The van der Waals surface area contributed by atoms with Gasteiger partial charge in [-0.3, -0.25) is 0 Å². The number of hydrogen-bond acceptors (Lipinski definition) is 7. The summed E-state index contributed by atoms with van der Waals surface area (Å²) in [5, 5.41) is 24.3. The van der Waals surface area contributed by atoms with Gasteiger partial charge in [0.25, 0.3) is 0 Å². The zero-order valence-electron chi connectivity index (χ0n) is 17.2. The molecule has 8 nitrogen and oxygen atoms in total. The molecule has 1 aliphatic carbocycles. The molecule has 32 heavy (non-hydrogen) atoms. The number of likely N-dealkylation sites (tertiary alicyclic amines) is 1. The molecule has 0 bridgehead atoms. The second-order valence-corrected chi connectivity index (χ2v) is 9.19. The van der Waals surface area contributed by atoms with E-state index in [2.05, 4.69) is 15.3 Å². The van der Waals surface area contributed by atoms with Crippen LogP contribution in [-0.2, 0) is 5.60 Å². The number of aliphatic hydroxyl groups is 1. The van der Waals surface area contributed by atoms with Crippen molar-refractivity contribution in [1.29, 1.82) is 0 Å². The predicted molar refractivity (Wildman–Crippen MR) is 118 cm³/mol. The van der Waals surface area contributed by atoms with Crippen LogP contribution in [0.5, 0.6) is 0 Å². The van der Waals surface area contributed by atoms with E-state index in [1.54, 1.807) is 24.4 Å². The molecule has 3 heterocycles. The molecule has 3 N–H and O–H groups in total. The van der Waals surface area contributed by atoms with Gasteiger partial charge in [0.2, 0.25) is 5.95 Å². The molecule has 10 heteroatoms.